The molecule has 0 unspecified atom stereocenters. The standard InChI is InChI=1S/C30H37FN4O5S/c1-3-4-17-35(30(37)32-24-9-14-28(31)29(36)20-24)25-15-18-34(19-16-25)21-22-5-10-26(11-6-22)40-27-12-7-23(8-13-27)33-41(2,38)39/h5-14,20,25,33,36H,3-4,15-19,21H2,1-2H3,(H,32,37). The number of phenolic OH excluding ortho intramolecular Hbond substituents is 1. The molecule has 1 aliphatic rings. The van der Waals surface area contributed by atoms with Crippen LogP contribution in [0.25, 0.3) is 0 Å². The van der Waals surface area contributed by atoms with Gasteiger partial charge in [-0.15, -0.1) is 0 Å². The molecule has 3 aromatic rings. The molecule has 0 spiro atoms. The van der Waals surface area contributed by atoms with E-state index in [0.717, 1.165) is 63.2 Å². The number of nitrogens with one attached hydrogen (secondary N) is 2. The molecule has 1 heterocycles. The van der Waals surface area contributed by atoms with Gasteiger partial charge in [0.1, 0.15) is 11.5 Å². The van der Waals surface area contributed by atoms with Crippen LogP contribution in [-0.2, 0) is 16.6 Å². The topological polar surface area (TPSA) is 111 Å². The maximum atomic E-state index is 13.4. The number of halogens is 1. The Morgan fingerprint density at radius 2 is 1.63 bits per heavy atom. The van der Waals surface area contributed by atoms with Gasteiger partial charge < -0.3 is 20.1 Å². The van der Waals surface area contributed by atoms with Gasteiger partial charge in [0.15, 0.2) is 11.6 Å². The zero-order valence-corrected chi connectivity index (χ0v) is 24.2. The van der Waals surface area contributed by atoms with Crippen LogP contribution < -0.4 is 14.8 Å². The van der Waals surface area contributed by atoms with Gasteiger partial charge in [0, 0.05) is 49.7 Å². The summed E-state index contributed by atoms with van der Waals surface area (Å²) in [6.07, 6.45) is 4.64. The number of unbranched alkanes of at least 4 members (excludes halogenated alkanes) is 1. The summed E-state index contributed by atoms with van der Waals surface area (Å²) in [5.41, 5.74) is 1.99. The largest absolute Gasteiger partial charge is 0.505 e. The van der Waals surface area contributed by atoms with Crippen LogP contribution in [0, 0.1) is 5.82 Å². The number of urea groups is 1. The maximum Gasteiger partial charge on any atom is 0.322 e. The summed E-state index contributed by atoms with van der Waals surface area (Å²) in [6.45, 7) is 5.21. The number of likely N-dealkylation sites (tertiary alicyclic amines) is 1. The molecule has 11 heteroatoms. The molecule has 0 radical (unpaired) electrons. The Morgan fingerprint density at radius 1 is 1.02 bits per heavy atom. The van der Waals surface area contributed by atoms with Crippen LogP contribution >= 0.6 is 0 Å². The van der Waals surface area contributed by atoms with Crippen LogP contribution in [-0.4, -0.2) is 61.3 Å². The molecule has 0 saturated carbocycles. The number of carbonyl (C=O) groups excluding carboxylic acids is 1. The van der Waals surface area contributed by atoms with Crippen molar-refractivity contribution in [3.63, 3.8) is 0 Å². The Morgan fingerprint density at radius 3 is 2.22 bits per heavy atom. The van der Waals surface area contributed by atoms with Gasteiger partial charge in [-0.25, -0.2) is 17.6 Å². The van der Waals surface area contributed by atoms with E-state index in [-0.39, 0.29) is 12.1 Å². The number of aromatic hydroxyl groups is 1. The van der Waals surface area contributed by atoms with Crippen molar-refractivity contribution in [3.8, 4) is 17.2 Å². The van der Waals surface area contributed by atoms with Crippen molar-refractivity contribution in [2.45, 2.75) is 45.2 Å². The first-order valence-corrected chi connectivity index (χ1v) is 15.6. The van der Waals surface area contributed by atoms with Crippen molar-refractivity contribution < 1.29 is 27.4 Å². The maximum absolute atomic E-state index is 13.4. The van der Waals surface area contributed by atoms with Crippen LogP contribution in [0.4, 0.5) is 20.6 Å². The number of carbonyl (C=O) groups is 1. The number of sulfonamides is 1. The fourth-order valence-electron chi connectivity index (χ4n) is 4.82. The van der Waals surface area contributed by atoms with E-state index in [1.807, 2.05) is 29.2 Å². The molecule has 0 aliphatic carbocycles. The van der Waals surface area contributed by atoms with Crippen LogP contribution in [0.1, 0.15) is 38.2 Å². The fourth-order valence-corrected chi connectivity index (χ4v) is 5.38. The van der Waals surface area contributed by atoms with Crippen molar-refractivity contribution in [2.75, 3.05) is 35.9 Å². The number of nitrogens with zero attached hydrogens (tertiary/aromatic N) is 2. The molecule has 1 aliphatic heterocycles. The third kappa shape index (κ3) is 9.09. The molecule has 4 rings (SSSR count). The fraction of sp³-hybridized carbons (Fsp3) is 0.367. The average Bonchev–Trinajstić information content (AvgIpc) is 2.93. The molecule has 2 amide bonds. The second-order valence-electron chi connectivity index (χ2n) is 10.3. The Kier molecular flexibility index (Phi) is 10.1. The van der Waals surface area contributed by atoms with E-state index in [1.165, 1.54) is 12.1 Å². The molecular weight excluding hydrogens is 547 g/mol. The molecule has 220 valence electrons. The number of ether oxygens (including phenoxy) is 1. The minimum atomic E-state index is -3.33. The lowest BCUT2D eigenvalue weighted by atomic mass is 10.0. The van der Waals surface area contributed by atoms with Gasteiger partial charge in [0.2, 0.25) is 10.0 Å². The van der Waals surface area contributed by atoms with Crippen molar-refractivity contribution in [1.29, 1.82) is 0 Å². The number of piperidine rings is 1. The minimum Gasteiger partial charge on any atom is -0.505 e. The summed E-state index contributed by atoms with van der Waals surface area (Å²) in [6, 6.07) is 18.3. The lowest BCUT2D eigenvalue weighted by molar-refractivity contribution is 0.122. The van der Waals surface area contributed by atoms with Crippen LogP contribution in [0.5, 0.6) is 17.2 Å². The molecule has 0 bridgehead atoms. The predicted molar refractivity (Wildman–Crippen MR) is 158 cm³/mol. The highest BCUT2D eigenvalue weighted by atomic mass is 32.2. The SMILES string of the molecule is CCCCN(C(=O)Nc1ccc(F)c(O)c1)C1CCN(Cc2ccc(Oc3ccc(NS(C)(=O)=O)cc3)cc2)CC1. The second-order valence-corrected chi connectivity index (χ2v) is 12.0. The Hall–Kier alpha value is -3.83. The first-order valence-electron chi connectivity index (χ1n) is 13.7. The summed E-state index contributed by atoms with van der Waals surface area (Å²) in [4.78, 5) is 17.3. The van der Waals surface area contributed by atoms with E-state index in [4.69, 9.17) is 4.74 Å². The third-order valence-corrected chi connectivity index (χ3v) is 7.54. The molecule has 9 nitrogen and oxygen atoms in total. The van der Waals surface area contributed by atoms with Crippen LogP contribution in [0.3, 0.4) is 0 Å². The number of phenols is 1. The van der Waals surface area contributed by atoms with Crippen LogP contribution in [0.2, 0.25) is 0 Å². The molecule has 1 fully saturated rings. The molecule has 1 saturated heterocycles. The van der Waals surface area contributed by atoms with Crippen molar-refractivity contribution >= 4 is 27.4 Å². The van der Waals surface area contributed by atoms with Gasteiger partial charge in [-0.2, -0.15) is 0 Å². The zero-order chi connectivity index (χ0) is 29.4. The quantitative estimate of drug-likeness (QED) is 0.255. The number of hydrogen-bond acceptors (Lipinski definition) is 6. The lowest BCUT2D eigenvalue weighted by Gasteiger charge is -2.38. The highest BCUT2D eigenvalue weighted by molar-refractivity contribution is 7.92. The summed E-state index contributed by atoms with van der Waals surface area (Å²) in [5.74, 6) is 0.0699. The predicted octanol–water partition coefficient (Wildman–Crippen LogP) is 5.99. The van der Waals surface area contributed by atoms with Gasteiger partial charge in [-0.3, -0.25) is 9.62 Å². The Labute approximate surface area is 241 Å². The summed E-state index contributed by atoms with van der Waals surface area (Å²) in [7, 11) is -3.33. The number of rotatable bonds is 11. The zero-order valence-electron chi connectivity index (χ0n) is 23.3. The van der Waals surface area contributed by atoms with Gasteiger partial charge in [0.25, 0.3) is 0 Å². The van der Waals surface area contributed by atoms with E-state index in [9.17, 15) is 22.7 Å². The Balaban J connectivity index is 1.28. The first kappa shape index (κ1) is 30.1. The lowest BCUT2D eigenvalue weighted by Crippen LogP contribution is -2.49. The molecule has 3 N–H and O–H groups in total. The summed E-state index contributed by atoms with van der Waals surface area (Å²) < 4.78 is 44.4. The summed E-state index contributed by atoms with van der Waals surface area (Å²) >= 11 is 0. The smallest absolute Gasteiger partial charge is 0.322 e. The van der Waals surface area contributed by atoms with Gasteiger partial charge in [0.05, 0.1) is 6.26 Å². The first-order chi connectivity index (χ1) is 19.6. The van der Waals surface area contributed by atoms with Crippen molar-refractivity contribution in [2.24, 2.45) is 0 Å². The average molecular weight is 585 g/mol. The molecule has 0 aromatic heterocycles. The highest BCUT2D eigenvalue weighted by Gasteiger charge is 2.28. The normalized spacial score (nSPS) is 14.4. The van der Waals surface area contributed by atoms with Crippen LogP contribution in [0.15, 0.2) is 66.7 Å². The van der Waals surface area contributed by atoms with Crippen molar-refractivity contribution in [1.82, 2.24) is 9.80 Å². The highest BCUT2D eigenvalue weighted by Crippen LogP contribution is 2.26. The summed E-state index contributed by atoms with van der Waals surface area (Å²) in [5, 5.41) is 12.5. The molecule has 3 aromatic carbocycles. The monoisotopic (exact) mass is 584 g/mol. The van der Waals surface area contributed by atoms with E-state index >= 15 is 0 Å². The van der Waals surface area contributed by atoms with E-state index in [0.29, 0.717) is 29.4 Å². The third-order valence-electron chi connectivity index (χ3n) is 6.93. The molecule has 41 heavy (non-hydrogen) atoms. The second kappa shape index (κ2) is 13.7. The minimum absolute atomic E-state index is 0.0987. The number of hydrogen-bond donors (Lipinski definition) is 3. The van der Waals surface area contributed by atoms with Gasteiger partial charge >= 0.3 is 6.03 Å². The molecular formula is C30H37FN4O5S. The van der Waals surface area contributed by atoms with E-state index < -0.39 is 21.6 Å². The van der Waals surface area contributed by atoms with E-state index in [1.54, 1.807) is 24.3 Å². The molecule has 0 atom stereocenters. The van der Waals surface area contributed by atoms with E-state index in [2.05, 4.69) is 21.9 Å². The number of amides is 2. The number of anilines is 2. The van der Waals surface area contributed by atoms with Gasteiger partial charge in [-0.1, -0.05) is 25.5 Å². The Bertz CT molecular complexity index is 1410. The number of benzene rings is 3. The van der Waals surface area contributed by atoms with Crippen molar-refractivity contribution in [3.05, 3.63) is 78.1 Å². The van der Waals surface area contributed by atoms with Gasteiger partial charge in [-0.05, 0) is 73.4 Å².